The minimum absolute atomic E-state index is 0.533. The lowest BCUT2D eigenvalue weighted by Crippen LogP contribution is -2.41. The van der Waals surface area contributed by atoms with E-state index in [0.29, 0.717) is 11.1 Å². The van der Waals surface area contributed by atoms with Gasteiger partial charge in [-0.15, -0.1) is 0 Å². The van der Waals surface area contributed by atoms with Crippen LogP contribution < -0.4 is 10.6 Å². The van der Waals surface area contributed by atoms with Crippen LogP contribution in [-0.2, 0) is 6.42 Å². The lowest BCUT2D eigenvalue weighted by Gasteiger charge is -2.15. The number of likely N-dealkylation sites (tertiary alicyclic amines) is 1. The van der Waals surface area contributed by atoms with Crippen molar-refractivity contribution in [3.63, 3.8) is 0 Å². The third kappa shape index (κ3) is 5.52. The normalized spacial score (nSPS) is 19.8. The highest BCUT2D eigenvalue weighted by Gasteiger charge is 2.19. The average Bonchev–Trinajstić information content (AvgIpc) is 2.90. The Balaban J connectivity index is 1.67. The molecule has 0 bridgehead atoms. The molecule has 1 atom stereocenters. The first-order valence-corrected chi connectivity index (χ1v) is 7.78. The molecule has 1 aliphatic rings. The molecule has 0 spiro atoms. The Hall–Kier alpha value is -1.33. The number of aromatic nitrogens is 1. The molecular weight excluding hydrogens is 286 g/mol. The summed E-state index contributed by atoms with van der Waals surface area (Å²) in [5.74, 6) is 1.58. The van der Waals surface area contributed by atoms with Crippen molar-refractivity contribution >= 4 is 17.6 Å². The lowest BCUT2D eigenvalue weighted by atomic mass is 10.1. The van der Waals surface area contributed by atoms with Crippen molar-refractivity contribution in [1.82, 2.24) is 20.5 Å². The first kappa shape index (κ1) is 16.0. The van der Waals surface area contributed by atoms with Crippen molar-refractivity contribution in [3.05, 3.63) is 29.0 Å². The number of nitrogens with one attached hydrogen (secondary N) is 2. The molecule has 1 aromatic heterocycles. The van der Waals surface area contributed by atoms with Crippen LogP contribution in [0.1, 0.15) is 12.0 Å². The molecule has 0 aromatic carbocycles. The first-order valence-electron chi connectivity index (χ1n) is 7.41. The smallest absolute Gasteiger partial charge is 0.190 e. The average molecular weight is 310 g/mol. The summed E-state index contributed by atoms with van der Waals surface area (Å²) in [6.07, 6.45) is 3.97. The van der Waals surface area contributed by atoms with Gasteiger partial charge >= 0.3 is 0 Å². The van der Waals surface area contributed by atoms with Crippen LogP contribution in [0.3, 0.4) is 0 Å². The fraction of sp³-hybridized carbons (Fsp3) is 0.600. The number of nitrogens with zero attached hydrogens (tertiary/aromatic N) is 3. The minimum atomic E-state index is 0.533. The number of aliphatic imine (C=N–C) groups is 1. The number of rotatable bonds is 5. The van der Waals surface area contributed by atoms with Gasteiger partial charge in [-0.05, 0) is 44.0 Å². The molecule has 2 N–H and O–H groups in total. The molecule has 0 amide bonds. The third-order valence-electron chi connectivity index (χ3n) is 3.77. The molecule has 116 valence electrons. The van der Waals surface area contributed by atoms with E-state index in [9.17, 15) is 0 Å². The Bertz CT molecular complexity index is 460. The van der Waals surface area contributed by atoms with E-state index in [1.54, 1.807) is 7.05 Å². The van der Waals surface area contributed by atoms with E-state index in [4.69, 9.17) is 11.6 Å². The summed E-state index contributed by atoms with van der Waals surface area (Å²) >= 11 is 5.77. The van der Waals surface area contributed by atoms with Crippen molar-refractivity contribution in [2.45, 2.75) is 12.8 Å². The van der Waals surface area contributed by atoms with Crippen LogP contribution in [0.2, 0.25) is 5.15 Å². The van der Waals surface area contributed by atoms with E-state index in [1.165, 1.54) is 25.1 Å². The van der Waals surface area contributed by atoms with E-state index >= 15 is 0 Å². The lowest BCUT2D eigenvalue weighted by molar-refractivity contribution is 0.394. The van der Waals surface area contributed by atoms with E-state index in [0.717, 1.165) is 25.5 Å². The molecule has 0 saturated carbocycles. The van der Waals surface area contributed by atoms with Gasteiger partial charge in [-0.1, -0.05) is 17.7 Å². The summed E-state index contributed by atoms with van der Waals surface area (Å²) in [4.78, 5) is 10.7. The first-order chi connectivity index (χ1) is 10.2. The molecule has 5 nitrogen and oxygen atoms in total. The Morgan fingerprint density at radius 3 is 2.95 bits per heavy atom. The highest BCUT2D eigenvalue weighted by Crippen LogP contribution is 2.12. The molecule has 1 fully saturated rings. The SMILES string of the molecule is CN=C(NCCc1ccc(Cl)nc1)NCC1CCN(C)C1. The zero-order chi connectivity index (χ0) is 15.1. The summed E-state index contributed by atoms with van der Waals surface area (Å²) in [6, 6.07) is 3.82. The third-order valence-corrected chi connectivity index (χ3v) is 3.99. The fourth-order valence-corrected chi connectivity index (χ4v) is 2.65. The molecule has 1 aromatic rings. The number of pyridine rings is 1. The number of halogens is 1. The van der Waals surface area contributed by atoms with Crippen molar-refractivity contribution in [2.75, 3.05) is 40.3 Å². The van der Waals surface area contributed by atoms with Crippen LogP contribution in [0.25, 0.3) is 0 Å². The van der Waals surface area contributed by atoms with Gasteiger partial charge in [0.2, 0.25) is 0 Å². The molecule has 1 saturated heterocycles. The van der Waals surface area contributed by atoms with Gasteiger partial charge in [0.25, 0.3) is 0 Å². The van der Waals surface area contributed by atoms with Gasteiger partial charge in [0.05, 0.1) is 0 Å². The minimum Gasteiger partial charge on any atom is -0.356 e. The summed E-state index contributed by atoms with van der Waals surface area (Å²) < 4.78 is 0. The van der Waals surface area contributed by atoms with Gasteiger partial charge < -0.3 is 15.5 Å². The van der Waals surface area contributed by atoms with Gasteiger partial charge in [-0.25, -0.2) is 4.98 Å². The topological polar surface area (TPSA) is 52.6 Å². The maximum absolute atomic E-state index is 5.77. The molecule has 0 radical (unpaired) electrons. The maximum Gasteiger partial charge on any atom is 0.190 e. The van der Waals surface area contributed by atoms with Gasteiger partial charge in [-0.2, -0.15) is 0 Å². The van der Waals surface area contributed by atoms with Gasteiger partial charge in [0.15, 0.2) is 5.96 Å². The summed E-state index contributed by atoms with van der Waals surface area (Å²) in [5, 5.41) is 7.27. The molecule has 6 heteroatoms. The van der Waals surface area contributed by atoms with Crippen LogP contribution in [-0.4, -0.2) is 56.1 Å². The Morgan fingerprint density at radius 2 is 2.33 bits per heavy atom. The van der Waals surface area contributed by atoms with Gasteiger partial charge in [-0.3, -0.25) is 4.99 Å². The predicted molar refractivity (Wildman–Crippen MR) is 87.9 cm³/mol. The second-order valence-corrected chi connectivity index (χ2v) is 5.92. The van der Waals surface area contributed by atoms with Crippen molar-refractivity contribution in [1.29, 1.82) is 0 Å². The van der Waals surface area contributed by atoms with Crippen molar-refractivity contribution in [2.24, 2.45) is 10.9 Å². The zero-order valence-corrected chi connectivity index (χ0v) is 13.5. The highest BCUT2D eigenvalue weighted by atomic mass is 35.5. The number of hydrogen-bond donors (Lipinski definition) is 2. The Labute approximate surface area is 131 Å². The standard InChI is InChI=1S/C15H24ClN5/c1-17-15(20-10-13-6-8-21(2)11-13)18-7-5-12-3-4-14(16)19-9-12/h3-4,9,13H,5-8,10-11H2,1-2H3,(H2,17,18,20). The second kappa shape index (κ2) is 8.20. The predicted octanol–water partition coefficient (Wildman–Crippen LogP) is 1.39. The van der Waals surface area contributed by atoms with Crippen LogP contribution >= 0.6 is 11.6 Å². The molecule has 21 heavy (non-hydrogen) atoms. The molecule has 2 heterocycles. The van der Waals surface area contributed by atoms with Crippen molar-refractivity contribution < 1.29 is 0 Å². The monoisotopic (exact) mass is 309 g/mol. The largest absolute Gasteiger partial charge is 0.356 e. The maximum atomic E-state index is 5.77. The van der Waals surface area contributed by atoms with Crippen LogP contribution in [0.15, 0.2) is 23.3 Å². The van der Waals surface area contributed by atoms with E-state index in [1.807, 2.05) is 18.3 Å². The Kier molecular flexibility index (Phi) is 6.26. The highest BCUT2D eigenvalue weighted by molar-refractivity contribution is 6.29. The molecular formula is C15H24ClN5. The molecule has 1 unspecified atom stereocenters. The zero-order valence-electron chi connectivity index (χ0n) is 12.8. The number of guanidine groups is 1. The van der Waals surface area contributed by atoms with E-state index < -0.39 is 0 Å². The van der Waals surface area contributed by atoms with Crippen molar-refractivity contribution in [3.8, 4) is 0 Å². The van der Waals surface area contributed by atoms with E-state index in [-0.39, 0.29) is 0 Å². The van der Waals surface area contributed by atoms with Crippen LogP contribution in [0.5, 0.6) is 0 Å². The summed E-state index contributed by atoms with van der Waals surface area (Å²) in [5.41, 5.74) is 1.17. The quantitative estimate of drug-likeness (QED) is 0.490. The molecule has 1 aliphatic heterocycles. The fourth-order valence-electron chi connectivity index (χ4n) is 2.53. The molecule has 2 rings (SSSR count). The summed E-state index contributed by atoms with van der Waals surface area (Å²) in [7, 11) is 3.98. The van der Waals surface area contributed by atoms with E-state index in [2.05, 4.69) is 32.6 Å². The van der Waals surface area contributed by atoms with Gasteiger partial charge in [0.1, 0.15) is 5.15 Å². The number of hydrogen-bond acceptors (Lipinski definition) is 3. The second-order valence-electron chi connectivity index (χ2n) is 5.54. The van der Waals surface area contributed by atoms with Gasteiger partial charge in [0, 0.05) is 32.9 Å². The van der Waals surface area contributed by atoms with Crippen LogP contribution in [0.4, 0.5) is 0 Å². The molecule has 0 aliphatic carbocycles. The Morgan fingerprint density at radius 1 is 1.48 bits per heavy atom. The summed E-state index contributed by atoms with van der Waals surface area (Å²) in [6.45, 7) is 4.17. The van der Waals surface area contributed by atoms with Crippen LogP contribution in [0, 0.1) is 5.92 Å².